The minimum Gasteiger partial charge on any atom is -0.481 e. The highest BCUT2D eigenvalue weighted by Gasteiger charge is 2.35. The van der Waals surface area contributed by atoms with Crippen LogP contribution in [0.3, 0.4) is 0 Å². The Labute approximate surface area is 127 Å². The van der Waals surface area contributed by atoms with E-state index in [4.69, 9.17) is 5.11 Å². The molecule has 0 aromatic heterocycles. The van der Waals surface area contributed by atoms with Crippen molar-refractivity contribution >= 4 is 16.2 Å². The Kier molecular flexibility index (Phi) is 5.62. The quantitative estimate of drug-likeness (QED) is 0.834. The average Bonchev–Trinajstić information content (AvgIpc) is 2.47. The van der Waals surface area contributed by atoms with Gasteiger partial charge in [-0.15, -0.1) is 0 Å². The molecular weight excluding hydrogens is 292 g/mol. The molecule has 2 heterocycles. The van der Waals surface area contributed by atoms with Gasteiger partial charge in [0.2, 0.25) is 0 Å². The van der Waals surface area contributed by atoms with Gasteiger partial charge in [0.05, 0.1) is 0 Å². The van der Waals surface area contributed by atoms with Crippen LogP contribution in [-0.2, 0) is 15.0 Å². The molecule has 122 valence electrons. The van der Waals surface area contributed by atoms with Gasteiger partial charge in [-0.1, -0.05) is 13.3 Å². The van der Waals surface area contributed by atoms with Gasteiger partial charge in [-0.3, -0.25) is 4.79 Å². The van der Waals surface area contributed by atoms with Crippen LogP contribution in [0.25, 0.3) is 0 Å². The topological polar surface area (TPSA) is 77.9 Å². The second-order valence-corrected chi connectivity index (χ2v) is 8.23. The summed E-state index contributed by atoms with van der Waals surface area (Å²) >= 11 is 0. The van der Waals surface area contributed by atoms with E-state index in [1.165, 1.54) is 0 Å². The number of nitrogens with zero attached hydrogens (tertiary/aromatic N) is 2. The molecule has 0 aliphatic carbocycles. The molecule has 2 aliphatic heterocycles. The summed E-state index contributed by atoms with van der Waals surface area (Å²) in [5.74, 6) is -0.644. The molecule has 2 saturated heterocycles. The van der Waals surface area contributed by atoms with Gasteiger partial charge in [-0.2, -0.15) is 17.0 Å². The lowest BCUT2D eigenvalue weighted by molar-refractivity contribution is -0.138. The van der Waals surface area contributed by atoms with Gasteiger partial charge in [0.15, 0.2) is 0 Å². The third-order valence-corrected chi connectivity index (χ3v) is 6.69. The maximum Gasteiger partial charge on any atom is 0.303 e. The minimum absolute atomic E-state index is 0.0156. The van der Waals surface area contributed by atoms with Gasteiger partial charge in [0, 0.05) is 32.6 Å². The summed E-state index contributed by atoms with van der Waals surface area (Å²) < 4.78 is 28.5. The Morgan fingerprint density at radius 1 is 1.14 bits per heavy atom. The van der Waals surface area contributed by atoms with Gasteiger partial charge >= 0.3 is 5.97 Å². The maximum atomic E-state index is 12.7. The summed E-state index contributed by atoms with van der Waals surface area (Å²) in [6.45, 7) is 4.18. The van der Waals surface area contributed by atoms with E-state index in [-0.39, 0.29) is 18.3 Å². The normalized spacial score (nSPS) is 27.4. The molecule has 7 heteroatoms. The zero-order chi connectivity index (χ0) is 15.5. The number of carbonyl (C=O) groups is 1. The first-order chi connectivity index (χ1) is 9.91. The second-order valence-electron chi connectivity index (χ2n) is 6.30. The van der Waals surface area contributed by atoms with Gasteiger partial charge < -0.3 is 5.11 Å². The number of carboxylic acid groups (broad SMARTS) is 1. The first-order valence-electron chi connectivity index (χ1n) is 7.88. The lowest BCUT2D eigenvalue weighted by atomic mass is 9.85. The van der Waals surface area contributed by atoms with Crippen LogP contribution >= 0.6 is 0 Å². The number of hydrogen-bond acceptors (Lipinski definition) is 3. The fraction of sp³-hybridized carbons (Fsp3) is 0.929. The molecule has 2 atom stereocenters. The molecule has 2 rings (SSSR count). The maximum absolute atomic E-state index is 12.7. The lowest BCUT2D eigenvalue weighted by Gasteiger charge is -2.38. The first kappa shape index (κ1) is 16.7. The predicted octanol–water partition coefficient (Wildman–Crippen LogP) is 1.54. The number of rotatable bonds is 5. The van der Waals surface area contributed by atoms with E-state index in [0.717, 1.165) is 32.1 Å². The van der Waals surface area contributed by atoms with Crippen LogP contribution in [0.1, 0.15) is 45.4 Å². The summed E-state index contributed by atoms with van der Waals surface area (Å²) in [6.07, 6.45) is 4.83. The van der Waals surface area contributed by atoms with Crippen molar-refractivity contribution in [3.8, 4) is 0 Å². The van der Waals surface area contributed by atoms with Crippen molar-refractivity contribution in [1.82, 2.24) is 8.61 Å². The molecule has 0 radical (unpaired) electrons. The zero-order valence-electron chi connectivity index (χ0n) is 12.7. The molecule has 0 aromatic rings. The van der Waals surface area contributed by atoms with E-state index in [0.29, 0.717) is 26.2 Å². The average molecular weight is 318 g/mol. The lowest BCUT2D eigenvalue weighted by Crippen LogP contribution is -2.50. The van der Waals surface area contributed by atoms with Crippen molar-refractivity contribution < 1.29 is 18.3 Å². The van der Waals surface area contributed by atoms with Gasteiger partial charge in [0.25, 0.3) is 10.2 Å². The van der Waals surface area contributed by atoms with E-state index < -0.39 is 16.2 Å². The predicted molar refractivity (Wildman–Crippen MR) is 80.1 cm³/mol. The Morgan fingerprint density at radius 3 is 2.38 bits per heavy atom. The number of piperidine rings is 2. The standard InChI is InChI=1S/C14H26N2O4S/c1-12(10-14(17)18)13-6-5-9-16(11-13)21(19,20)15-7-3-2-4-8-15/h12-13H,2-11H2,1H3,(H,17,18). The molecule has 2 unspecified atom stereocenters. The smallest absolute Gasteiger partial charge is 0.303 e. The summed E-state index contributed by atoms with van der Waals surface area (Å²) in [5, 5.41) is 8.90. The fourth-order valence-corrected chi connectivity index (χ4v) is 5.13. The van der Waals surface area contributed by atoms with Gasteiger partial charge in [-0.25, -0.2) is 0 Å². The van der Waals surface area contributed by atoms with Crippen molar-refractivity contribution in [3.63, 3.8) is 0 Å². The molecule has 0 spiro atoms. The largest absolute Gasteiger partial charge is 0.481 e. The molecule has 0 aromatic carbocycles. The third kappa shape index (κ3) is 4.17. The molecule has 6 nitrogen and oxygen atoms in total. The minimum atomic E-state index is -3.36. The summed E-state index contributed by atoms with van der Waals surface area (Å²) in [4.78, 5) is 10.8. The summed E-state index contributed by atoms with van der Waals surface area (Å²) in [5.41, 5.74) is 0. The first-order valence-corrected chi connectivity index (χ1v) is 9.28. The molecule has 1 N–H and O–H groups in total. The van der Waals surface area contributed by atoms with Crippen molar-refractivity contribution in [2.45, 2.75) is 45.4 Å². The monoisotopic (exact) mass is 318 g/mol. The Bertz CT molecular complexity index is 460. The molecule has 21 heavy (non-hydrogen) atoms. The molecule has 0 bridgehead atoms. The van der Waals surface area contributed by atoms with Crippen LogP contribution in [0.4, 0.5) is 0 Å². The highest BCUT2D eigenvalue weighted by molar-refractivity contribution is 7.86. The van der Waals surface area contributed by atoms with Crippen LogP contribution in [0.5, 0.6) is 0 Å². The van der Waals surface area contributed by atoms with E-state index >= 15 is 0 Å². The van der Waals surface area contributed by atoms with Crippen LogP contribution in [0.15, 0.2) is 0 Å². The van der Waals surface area contributed by atoms with Crippen molar-refractivity contribution in [2.75, 3.05) is 26.2 Å². The number of carboxylic acids is 1. The fourth-order valence-electron chi connectivity index (χ4n) is 3.35. The highest BCUT2D eigenvalue weighted by atomic mass is 32.2. The van der Waals surface area contributed by atoms with Crippen LogP contribution < -0.4 is 0 Å². The van der Waals surface area contributed by atoms with E-state index in [2.05, 4.69) is 0 Å². The number of hydrogen-bond donors (Lipinski definition) is 1. The molecular formula is C14H26N2O4S. The van der Waals surface area contributed by atoms with Gasteiger partial charge in [0.1, 0.15) is 0 Å². The molecule has 0 saturated carbocycles. The zero-order valence-corrected chi connectivity index (χ0v) is 13.5. The van der Waals surface area contributed by atoms with Crippen LogP contribution in [-0.4, -0.2) is 54.3 Å². The molecule has 2 aliphatic rings. The van der Waals surface area contributed by atoms with Crippen molar-refractivity contribution in [3.05, 3.63) is 0 Å². The molecule has 0 amide bonds. The van der Waals surface area contributed by atoms with E-state index in [9.17, 15) is 13.2 Å². The number of aliphatic carboxylic acids is 1. The SMILES string of the molecule is CC(CC(=O)O)C1CCCN(S(=O)(=O)N2CCCCC2)C1. The van der Waals surface area contributed by atoms with Crippen molar-refractivity contribution in [2.24, 2.45) is 11.8 Å². The summed E-state index contributed by atoms with van der Waals surface area (Å²) in [6, 6.07) is 0. The van der Waals surface area contributed by atoms with Crippen LogP contribution in [0.2, 0.25) is 0 Å². The second kappa shape index (κ2) is 7.07. The molecule has 2 fully saturated rings. The van der Waals surface area contributed by atoms with E-state index in [1.807, 2.05) is 6.92 Å². The van der Waals surface area contributed by atoms with E-state index in [1.54, 1.807) is 8.61 Å². The Balaban J connectivity index is 2.00. The summed E-state index contributed by atoms with van der Waals surface area (Å²) in [7, 11) is -3.36. The third-order valence-electron chi connectivity index (χ3n) is 4.69. The van der Waals surface area contributed by atoms with Gasteiger partial charge in [-0.05, 0) is 37.5 Å². The Hall–Kier alpha value is -0.660. The van der Waals surface area contributed by atoms with Crippen molar-refractivity contribution in [1.29, 1.82) is 0 Å². The highest BCUT2D eigenvalue weighted by Crippen LogP contribution is 2.29. The van der Waals surface area contributed by atoms with Crippen LogP contribution in [0, 0.1) is 11.8 Å². The Morgan fingerprint density at radius 2 is 1.76 bits per heavy atom.